The molecule has 1 fully saturated rings. The van der Waals surface area contributed by atoms with Gasteiger partial charge in [0.25, 0.3) is 0 Å². The standard InChI is InChI=1S/C5H9ClN2/c1-8-3-2-4(7)5(8)6/h5,7H,2-3H2,1H3. The first-order chi connectivity index (χ1) is 3.72. The molecule has 1 N–H and O–H groups in total. The van der Waals surface area contributed by atoms with Crippen LogP contribution in [0, 0.1) is 5.41 Å². The molecule has 46 valence electrons. The van der Waals surface area contributed by atoms with E-state index in [2.05, 4.69) is 0 Å². The Hall–Kier alpha value is -0.0800. The molecule has 0 amide bonds. The minimum Gasteiger partial charge on any atom is -0.307 e. The highest BCUT2D eigenvalue weighted by atomic mass is 35.5. The fraction of sp³-hybridized carbons (Fsp3) is 0.800. The molecule has 0 radical (unpaired) electrons. The number of rotatable bonds is 0. The van der Waals surface area contributed by atoms with Gasteiger partial charge in [-0.05, 0) is 7.05 Å². The molecular formula is C5H9ClN2. The molecule has 1 heterocycles. The maximum atomic E-state index is 7.21. The molecular weight excluding hydrogens is 124 g/mol. The van der Waals surface area contributed by atoms with E-state index < -0.39 is 0 Å². The van der Waals surface area contributed by atoms with Crippen LogP contribution in [-0.2, 0) is 0 Å². The molecule has 8 heavy (non-hydrogen) atoms. The molecule has 1 unspecified atom stereocenters. The first kappa shape index (κ1) is 6.05. The van der Waals surface area contributed by atoms with Crippen LogP contribution in [0.4, 0.5) is 0 Å². The van der Waals surface area contributed by atoms with Gasteiger partial charge in [0.05, 0.1) is 0 Å². The molecule has 1 aliphatic heterocycles. The monoisotopic (exact) mass is 132 g/mol. The van der Waals surface area contributed by atoms with Crippen molar-refractivity contribution >= 4 is 17.3 Å². The van der Waals surface area contributed by atoms with Gasteiger partial charge in [-0.3, -0.25) is 4.90 Å². The van der Waals surface area contributed by atoms with Crippen molar-refractivity contribution in [2.75, 3.05) is 13.6 Å². The SMILES string of the molecule is CN1CCC(=N)C1Cl. The zero-order valence-corrected chi connectivity index (χ0v) is 5.57. The molecule has 1 saturated heterocycles. The van der Waals surface area contributed by atoms with Crippen LogP contribution in [0.1, 0.15) is 6.42 Å². The lowest BCUT2D eigenvalue weighted by atomic mass is 10.3. The average Bonchev–Trinajstić information content (AvgIpc) is 1.98. The topological polar surface area (TPSA) is 27.1 Å². The Morgan fingerprint density at radius 1 is 1.88 bits per heavy atom. The maximum absolute atomic E-state index is 7.21. The number of likely N-dealkylation sites (tertiary alicyclic amines) is 1. The van der Waals surface area contributed by atoms with Gasteiger partial charge in [0.15, 0.2) is 0 Å². The molecule has 0 aromatic heterocycles. The highest BCUT2D eigenvalue weighted by molar-refractivity contribution is 6.31. The summed E-state index contributed by atoms with van der Waals surface area (Å²) in [7, 11) is 1.93. The van der Waals surface area contributed by atoms with Crippen molar-refractivity contribution in [3.05, 3.63) is 0 Å². The quantitative estimate of drug-likeness (QED) is 0.385. The maximum Gasteiger partial charge on any atom is 0.123 e. The molecule has 1 rings (SSSR count). The summed E-state index contributed by atoms with van der Waals surface area (Å²) < 4.78 is 0. The second-order valence-electron chi connectivity index (χ2n) is 2.09. The van der Waals surface area contributed by atoms with E-state index in [1.807, 2.05) is 11.9 Å². The minimum atomic E-state index is -0.130. The van der Waals surface area contributed by atoms with Crippen molar-refractivity contribution in [3.8, 4) is 0 Å². The first-order valence-corrected chi connectivity index (χ1v) is 3.07. The first-order valence-electron chi connectivity index (χ1n) is 2.63. The van der Waals surface area contributed by atoms with E-state index in [1.54, 1.807) is 0 Å². The second kappa shape index (κ2) is 2.03. The largest absolute Gasteiger partial charge is 0.307 e. The lowest BCUT2D eigenvalue weighted by molar-refractivity contribution is 0.402. The van der Waals surface area contributed by atoms with Crippen LogP contribution in [0.25, 0.3) is 0 Å². The van der Waals surface area contributed by atoms with Crippen molar-refractivity contribution in [1.29, 1.82) is 5.41 Å². The van der Waals surface area contributed by atoms with E-state index in [-0.39, 0.29) is 5.50 Å². The van der Waals surface area contributed by atoms with Crippen LogP contribution in [0.2, 0.25) is 0 Å². The van der Waals surface area contributed by atoms with Gasteiger partial charge in [0.2, 0.25) is 0 Å². The number of nitrogens with one attached hydrogen (secondary N) is 1. The summed E-state index contributed by atoms with van der Waals surface area (Å²) in [4.78, 5) is 1.96. The molecule has 0 aromatic rings. The molecule has 0 spiro atoms. The van der Waals surface area contributed by atoms with Crippen molar-refractivity contribution in [2.24, 2.45) is 0 Å². The van der Waals surface area contributed by atoms with Gasteiger partial charge in [0, 0.05) is 18.7 Å². The third kappa shape index (κ3) is 0.858. The van der Waals surface area contributed by atoms with Crippen molar-refractivity contribution in [3.63, 3.8) is 0 Å². The van der Waals surface area contributed by atoms with E-state index in [9.17, 15) is 0 Å². The van der Waals surface area contributed by atoms with Crippen molar-refractivity contribution < 1.29 is 0 Å². The normalized spacial score (nSPS) is 31.8. The van der Waals surface area contributed by atoms with Gasteiger partial charge in [-0.25, -0.2) is 0 Å². The average molecular weight is 133 g/mol. The molecule has 0 bridgehead atoms. The highest BCUT2D eigenvalue weighted by Crippen LogP contribution is 2.13. The summed E-state index contributed by atoms with van der Waals surface area (Å²) in [5, 5.41) is 7.21. The Kier molecular flexibility index (Phi) is 1.54. The molecule has 0 aromatic carbocycles. The molecule has 2 nitrogen and oxygen atoms in total. The molecule has 0 aliphatic carbocycles. The lowest BCUT2D eigenvalue weighted by Gasteiger charge is -2.09. The molecule has 0 saturated carbocycles. The number of alkyl halides is 1. The van der Waals surface area contributed by atoms with Crippen LogP contribution in [0.5, 0.6) is 0 Å². The van der Waals surface area contributed by atoms with Gasteiger partial charge in [-0.15, -0.1) is 0 Å². The van der Waals surface area contributed by atoms with E-state index >= 15 is 0 Å². The van der Waals surface area contributed by atoms with Crippen LogP contribution >= 0.6 is 11.6 Å². The predicted octanol–water partition coefficient (Wildman–Crippen LogP) is 0.907. The lowest BCUT2D eigenvalue weighted by Crippen LogP contribution is -2.22. The summed E-state index contributed by atoms with van der Waals surface area (Å²) in [6.45, 7) is 0.938. The summed E-state index contributed by atoms with van der Waals surface area (Å²) in [6, 6.07) is 0. The zero-order chi connectivity index (χ0) is 6.15. The second-order valence-corrected chi connectivity index (χ2v) is 2.51. The number of hydrogen-bond donors (Lipinski definition) is 1. The summed E-state index contributed by atoms with van der Waals surface area (Å²) in [5.41, 5.74) is 0.518. The minimum absolute atomic E-state index is 0.130. The van der Waals surface area contributed by atoms with E-state index in [0.29, 0.717) is 5.71 Å². The fourth-order valence-electron chi connectivity index (χ4n) is 0.795. The predicted molar refractivity (Wildman–Crippen MR) is 34.6 cm³/mol. The van der Waals surface area contributed by atoms with E-state index in [4.69, 9.17) is 17.0 Å². The van der Waals surface area contributed by atoms with E-state index in [0.717, 1.165) is 13.0 Å². The van der Waals surface area contributed by atoms with E-state index in [1.165, 1.54) is 0 Å². The Labute approximate surface area is 53.9 Å². The Morgan fingerprint density at radius 3 is 2.62 bits per heavy atom. The third-order valence-electron chi connectivity index (χ3n) is 1.41. The van der Waals surface area contributed by atoms with Gasteiger partial charge in [0.1, 0.15) is 5.50 Å². The van der Waals surface area contributed by atoms with Gasteiger partial charge in [-0.1, -0.05) is 11.6 Å². The smallest absolute Gasteiger partial charge is 0.123 e. The molecule has 1 aliphatic rings. The summed E-state index contributed by atoms with van der Waals surface area (Å²) in [5.74, 6) is 0. The van der Waals surface area contributed by atoms with Crippen LogP contribution < -0.4 is 0 Å². The van der Waals surface area contributed by atoms with Crippen molar-refractivity contribution in [1.82, 2.24) is 4.90 Å². The van der Waals surface area contributed by atoms with Gasteiger partial charge in [-0.2, -0.15) is 0 Å². The number of nitrogens with zero attached hydrogens (tertiary/aromatic N) is 1. The zero-order valence-electron chi connectivity index (χ0n) is 4.82. The van der Waals surface area contributed by atoms with Gasteiger partial charge >= 0.3 is 0 Å². The van der Waals surface area contributed by atoms with Crippen LogP contribution in [0.3, 0.4) is 0 Å². The van der Waals surface area contributed by atoms with Gasteiger partial charge < -0.3 is 5.41 Å². The summed E-state index contributed by atoms with van der Waals surface area (Å²) in [6.07, 6.45) is 0.838. The molecule has 3 heteroatoms. The highest BCUT2D eigenvalue weighted by Gasteiger charge is 2.23. The van der Waals surface area contributed by atoms with Crippen LogP contribution in [0.15, 0.2) is 0 Å². The Morgan fingerprint density at radius 2 is 2.50 bits per heavy atom. The summed E-state index contributed by atoms with van der Waals surface area (Å²) >= 11 is 5.71. The third-order valence-corrected chi connectivity index (χ3v) is 2.00. The van der Waals surface area contributed by atoms with Crippen molar-refractivity contribution in [2.45, 2.75) is 11.9 Å². The fourth-order valence-corrected chi connectivity index (χ4v) is 1.00. The number of halogens is 1. The number of hydrogen-bond acceptors (Lipinski definition) is 2. The Bertz CT molecular complexity index is 113. The molecule has 1 atom stereocenters. The Balaban J connectivity index is 2.56. The van der Waals surface area contributed by atoms with Crippen LogP contribution in [-0.4, -0.2) is 29.7 Å².